The van der Waals surface area contributed by atoms with E-state index in [0.717, 1.165) is 5.52 Å². The van der Waals surface area contributed by atoms with Crippen molar-refractivity contribution in [2.45, 2.75) is 13.5 Å². The molecular formula is C14H13N3O3. The zero-order valence-corrected chi connectivity index (χ0v) is 11.2. The van der Waals surface area contributed by atoms with E-state index in [0.29, 0.717) is 17.6 Å². The van der Waals surface area contributed by atoms with Crippen LogP contribution in [0.25, 0.3) is 16.6 Å². The first-order valence-corrected chi connectivity index (χ1v) is 6.27. The van der Waals surface area contributed by atoms with Gasteiger partial charge in [0.1, 0.15) is 5.65 Å². The molecule has 2 heterocycles. The van der Waals surface area contributed by atoms with Crippen molar-refractivity contribution in [1.82, 2.24) is 14.2 Å². The number of para-hydroxylation sites is 1. The predicted molar refractivity (Wildman–Crippen MR) is 74.0 cm³/mol. The van der Waals surface area contributed by atoms with Crippen molar-refractivity contribution in [3.05, 3.63) is 46.4 Å². The number of esters is 1. The van der Waals surface area contributed by atoms with E-state index in [1.165, 1.54) is 11.6 Å². The summed E-state index contributed by atoms with van der Waals surface area (Å²) in [6.45, 7) is 2.64. The van der Waals surface area contributed by atoms with E-state index < -0.39 is 5.97 Å². The average molecular weight is 271 g/mol. The third kappa shape index (κ3) is 1.61. The number of carbonyl (C=O) groups excluding carboxylic acids is 1. The summed E-state index contributed by atoms with van der Waals surface area (Å²) in [5.41, 5.74) is 1.29. The first-order valence-electron chi connectivity index (χ1n) is 6.27. The van der Waals surface area contributed by atoms with Gasteiger partial charge in [-0.3, -0.25) is 4.79 Å². The van der Waals surface area contributed by atoms with Gasteiger partial charge in [0.2, 0.25) is 0 Å². The zero-order valence-electron chi connectivity index (χ0n) is 11.2. The fourth-order valence-electron chi connectivity index (χ4n) is 2.38. The lowest BCUT2D eigenvalue weighted by atomic mass is 10.2. The second-order valence-electron chi connectivity index (χ2n) is 4.36. The highest BCUT2D eigenvalue weighted by molar-refractivity contribution is 5.89. The number of aryl methyl sites for hydroxylation is 1. The molecule has 0 saturated carbocycles. The van der Waals surface area contributed by atoms with Crippen LogP contribution < -0.4 is 5.56 Å². The van der Waals surface area contributed by atoms with E-state index in [9.17, 15) is 9.59 Å². The number of methoxy groups -OCH3 is 1. The Morgan fingerprint density at radius 2 is 2.10 bits per heavy atom. The molecule has 3 rings (SSSR count). The maximum absolute atomic E-state index is 12.4. The van der Waals surface area contributed by atoms with Crippen LogP contribution in [0.15, 0.2) is 35.1 Å². The van der Waals surface area contributed by atoms with Gasteiger partial charge in [0.05, 0.1) is 18.0 Å². The molecule has 0 unspecified atom stereocenters. The van der Waals surface area contributed by atoms with Gasteiger partial charge in [0, 0.05) is 12.6 Å². The Balaban J connectivity index is 2.49. The lowest BCUT2D eigenvalue weighted by Crippen LogP contribution is -2.19. The molecule has 0 bridgehead atoms. The van der Waals surface area contributed by atoms with Crippen molar-refractivity contribution in [1.29, 1.82) is 0 Å². The Morgan fingerprint density at radius 3 is 2.80 bits per heavy atom. The van der Waals surface area contributed by atoms with Crippen molar-refractivity contribution in [2.75, 3.05) is 7.11 Å². The molecule has 3 aromatic rings. The van der Waals surface area contributed by atoms with Gasteiger partial charge in [-0.05, 0) is 19.1 Å². The topological polar surface area (TPSA) is 65.6 Å². The summed E-state index contributed by atoms with van der Waals surface area (Å²) in [6, 6.07) is 8.89. The van der Waals surface area contributed by atoms with Crippen molar-refractivity contribution in [2.24, 2.45) is 0 Å². The van der Waals surface area contributed by atoms with Gasteiger partial charge in [-0.25, -0.2) is 4.79 Å². The summed E-state index contributed by atoms with van der Waals surface area (Å²) in [6.07, 6.45) is 0. The Hall–Kier alpha value is -2.63. The van der Waals surface area contributed by atoms with Gasteiger partial charge in [-0.15, -0.1) is 0 Å². The number of aromatic nitrogens is 3. The minimum Gasteiger partial charge on any atom is -0.464 e. The van der Waals surface area contributed by atoms with Gasteiger partial charge in [-0.1, -0.05) is 12.1 Å². The Morgan fingerprint density at radius 1 is 1.35 bits per heavy atom. The number of ether oxygens (including phenoxy) is 1. The minimum absolute atomic E-state index is 0.127. The lowest BCUT2D eigenvalue weighted by Gasteiger charge is -2.09. The van der Waals surface area contributed by atoms with Gasteiger partial charge < -0.3 is 9.30 Å². The normalized spacial score (nSPS) is 11.1. The first-order chi connectivity index (χ1) is 9.67. The maximum Gasteiger partial charge on any atom is 0.358 e. The molecule has 0 radical (unpaired) electrons. The fraction of sp³-hybridized carbons (Fsp3) is 0.214. The van der Waals surface area contributed by atoms with Crippen LogP contribution in [0.3, 0.4) is 0 Å². The quantitative estimate of drug-likeness (QED) is 0.662. The van der Waals surface area contributed by atoms with E-state index in [-0.39, 0.29) is 11.3 Å². The van der Waals surface area contributed by atoms with E-state index in [4.69, 9.17) is 0 Å². The SMILES string of the molecule is CCn1c2ccccc2c(=O)n2nc(C(=O)OC)cc12. The smallest absolute Gasteiger partial charge is 0.358 e. The third-order valence-corrected chi connectivity index (χ3v) is 3.30. The van der Waals surface area contributed by atoms with E-state index >= 15 is 0 Å². The van der Waals surface area contributed by atoms with Crippen LogP contribution in [0.1, 0.15) is 17.4 Å². The van der Waals surface area contributed by atoms with Crippen molar-refractivity contribution in [3.8, 4) is 0 Å². The summed E-state index contributed by atoms with van der Waals surface area (Å²) >= 11 is 0. The molecular weight excluding hydrogens is 258 g/mol. The minimum atomic E-state index is -0.556. The fourth-order valence-corrected chi connectivity index (χ4v) is 2.38. The zero-order chi connectivity index (χ0) is 14.3. The molecule has 0 atom stereocenters. The van der Waals surface area contributed by atoms with Crippen LogP contribution in [-0.2, 0) is 11.3 Å². The molecule has 20 heavy (non-hydrogen) atoms. The van der Waals surface area contributed by atoms with Crippen molar-refractivity contribution >= 4 is 22.5 Å². The Kier molecular flexibility index (Phi) is 2.78. The van der Waals surface area contributed by atoms with E-state index in [1.54, 1.807) is 18.2 Å². The number of hydrogen-bond donors (Lipinski definition) is 0. The average Bonchev–Trinajstić information content (AvgIpc) is 2.92. The summed E-state index contributed by atoms with van der Waals surface area (Å²) in [5.74, 6) is -0.556. The number of hydrogen-bond acceptors (Lipinski definition) is 4. The summed E-state index contributed by atoms with van der Waals surface area (Å²) in [7, 11) is 1.29. The highest BCUT2D eigenvalue weighted by Gasteiger charge is 2.16. The predicted octanol–water partition coefficient (Wildman–Crippen LogP) is 1.46. The van der Waals surface area contributed by atoms with Crippen molar-refractivity contribution in [3.63, 3.8) is 0 Å². The monoisotopic (exact) mass is 271 g/mol. The van der Waals surface area contributed by atoms with Crippen molar-refractivity contribution < 1.29 is 9.53 Å². The largest absolute Gasteiger partial charge is 0.464 e. The molecule has 0 amide bonds. The summed E-state index contributed by atoms with van der Waals surface area (Å²) < 4.78 is 7.84. The van der Waals surface area contributed by atoms with Crippen LogP contribution in [0.4, 0.5) is 0 Å². The standard InChI is InChI=1S/C14H13N3O3/c1-3-16-11-7-5-4-6-9(11)13(18)17-12(16)8-10(15-17)14(19)20-2/h4-8H,3H2,1-2H3. The number of fused-ring (bicyclic) bond motifs is 2. The number of nitrogens with zero attached hydrogens (tertiary/aromatic N) is 3. The number of benzene rings is 1. The molecule has 102 valence electrons. The molecule has 0 aliphatic heterocycles. The molecule has 6 nitrogen and oxygen atoms in total. The van der Waals surface area contributed by atoms with Crippen LogP contribution in [0.2, 0.25) is 0 Å². The highest BCUT2D eigenvalue weighted by Crippen LogP contribution is 2.15. The maximum atomic E-state index is 12.4. The molecule has 2 aromatic heterocycles. The number of carbonyl (C=O) groups is 1. The second kappa shape index (κ2) is 4.48. The highest BCUT2D eigenvalue weighted by atomic mass is 16.5. The van der Waals surface area contributed by atoms with E-state index in [2.05, 4.69) is 9.84 Å². The summed E-state index contributed by atoms with van der Waals surface area (Å²) in [5, 5.41) is 4.62. The Labute approximate surface area is 114 Å². The second-order valence-corrected chi connectivity index (χ2v) is 4.36. The first kappa shape index (κ1) is 12.4. The third-order valence-electron chi connectivity index (χ3n) is 3.30. The van der Waals surface area contributed by atoms with Crippen LogP contribution in [0, 0.1) is 0 Å². The molecule has 0 spiro atoms. The number of rotatable bonds is 2. The van der Waals surface area contributed by atoms with Gasteiger partial charge >= 0.3 is 5.97 Å². The van der Waals surface area contributed by atoms with Crippen LogP contribution >= 0.6 is 0 Å². The molecule has 0 aliphatic carbocycles. The molecule has 0 N–H and O–H groups in total. The van der Waals surface area contributed by atoms with Crippen LogP contribution in [-0.4, -0.2) is 27.3 Å². The summed E-state index contributed by atoms with van der Waals surface area (Å²) in [4.78, 5) is 24.0. The Bertz CT molecular complexity index is 876. The molecule has 0 fully saturated rings. The molecule has 0 aliphatic rings. The molecule has 0 saturated heterocycles. The van der Waals surface area contributed by atoms with Crippen LogP contribution in [0.5, 0.6) is 0 Å². The van der Waals surface area contributed by atoms with Gasteiger partial charge in [0.15, 0.2) is 5.69 Å². The lowest BCUT2D eigenvalue weighted by molar-refractivity contribution is 0.0593. The van der Waals surface area contributed by atoms with Gasteiger partial charge in [0.25, 0.3) is 5.56 Å². The molecule has 1 aromatic carbocycles. The molecule has 6 heteroatoms. The van der Waals surface area contributed by atoms with Gasteiger partial charge in [-0.2, -0.15) is 9.61 Å². The van der Waals surface area contributed by atoms with E-state index in [1.807, 2.05) is 23.6 Å².